The van der Waals surface area contributed by atoms with Crippen molar-refractivity contribution in [2.75, 3.05) is 45.3 Å². The maximum atomic E-state index is 13.2. The van der Waals surface area contributed by atoms with E-state index in [-0.39, 0.29) is 16.8 Å². The Hall–Kier alpha value is -2.42. The quantitative estimate of drug-likeness (QED) is 0.676. The highest BCUT2D eigenvalue weighted by molar-refractivity contribution is 7.89. The molecule has 0 saturated carbocycles. The van der Waals surface area contributed by atoms with Crippen LogP contribution in [0, 0.1) is 0 Å². The van der Waals surface area contributed by atoms with E-state index >= 15 is 0 Å². The Morgan fingerprint density at radius 2 is 1.81 bits per heavy atom. The molecule has 7 nitrogen and oxygen atoms in total. The number of ether oxygens (including phenoxy) is 1. The van der Waals surface area contributed by atoms with Gasteiger partial charge in [-0.15, -0.1) is 0 Å². The number of nitrogens with zero attached hydrogens (tertiary/aromatic N) is 2. The molecule has 3 rings (SSSR count). The van der Waals surface area contributed by atoms with Gasteiger partial charge in [0, 0.05) is 38.9 Å². The molecule has 1 unspecified atom stereocenters. The summed E-state index contributed by atoms with van der Waals surface area (Å²) in [5, 5.41) is 3.05. The highest BCUT2D eigenvalue weighted by atomic mass is 32.2. The van der Waals surface area contributed by atoms with Gasteiger partial charge in [-0.1, -0.05) is 30.3 Å². The largest absolute Gasteiger partial charge is 0.378 e. The summed E-state index contributed by atoms with van der Waals surface area (Å²) in [6.07, 6.45) is 1.64. The predicted octanol–water partition coefficient (Wildman–Crippen LogP) is 2.52. The van der Waals surface area contributed by atoms with E-state index in [1.165, 1.54) is 25.7 Å². The average Bonchev–Trinajstić information content (AvgIpc) is 2.78. The zero-order valence-corrected chi connectivity index (χ0v) is 19.2. The third kappa shape index (κ3) is 5.84. The number of amides is 1. The molecule has 2 aromatic rings. The van der Waals surface area contributed by atoms with E-state index in [0.717, 1.165) is 22.8 Å². The van der Waals surface area contributed by atoms with E-state index in [1.54, 1.807) is 12.1 Å². The summed E-state index contributed by atoms with van der Waals surface area (Å²) in [5.41, 5.74) is 2.32. The van der Waals surface area contributed by atoms with Crippen LogP contribution in [0.2, 0.25) is 0 Å². The lowest BCUT2D eigenvalue weighted by molar-refractivity contribution is 0.0937. The Labute approximate surface area is 185 Å². The van der Waals surface area contributed by atoms with Crippen molar-refractivity contribution in [1.29, 1.82) is 0 Å². The fraction of sp³-hybridized carbons (Fsp3) is 0.435. The number of sulfonamides is 1. The van der Waals surface area contributed by atoms with E-state index in [9.17, 15) is 13.2 Å². The molecule has 1 N–H and O–H groups in total. The number of aryl methyl sites for hydroxylation is 1. The van der Waals surface area contributed by atoms with Gasteiger partial charge < -0.3 is 15.0 Å². The van der Waals surface area contributed by atoms with Gasteiger partial charge in [0.25, 0.3) is 5.91 Å². The van der Waals surface area contributed by atoms with Gasteiger partial charge in [-0.05, 0) is 43.5 Å². The van der Waals surface area contributed by atoms with Crippen LogP contribution in [0.15, 0.2) is 53.4 Å². The first-order valence-corrected chi connectivity index (χ1v) is 12.0. The topological polar surface area (TPSA) is 79.0 Å². The molecule has 0 aromatic heterocycles. The summed E-state index contributed by atoms with van der Waals surface area (Å²) in [4.78, 5) is 15.4. The van der Waals surface area contributed by atoms with Crippen LogP contribution in [0.25, 0.3) is 0 Å². The lowest BCUT2D eigenvalue weighted by Crippen LogP contribution is -2.39. The van der Waals surface area contributed by atoms with E-state index in [1.807, 2.05) is 25.1 Å². The molecule has 1 atom stereocenters. The van der Waals surface area contributed by atoms with Crippen molar-refractivity contribution in [3.8, 4) is 0 Å². The second-order valence-electron chi connectivity index (χ2n) is 7.96. The Kier molecular flexibility index (Phi) is 7.69. The molecule has 0 bridgehead atoms. The Balaban J connectivity index is 1.82. The van der Waals surface area contributed by atoms with Crippen molar-refractivity contribution < 1.29 is 17.9 Å². The van der Waals surface area contributed by atoms with Crippen LogP contribution >= 0.6 is 0 Å². The third-order valence-electron chi connectivity index (χ3n) is 5.43. The van der Waals surface area contributed by atoms with Crippen LogP contribution in [-0.4, -0.2) is 65.1 Å². The number of hydrogen-bond donors (Lipinski definition) is 1. The minimum Gasteiger partial charge on any atom is -0.378 e. The van der Waals surface area contributed by atoms with Gasteiger partial charge in [0.2, 0.25) is 10.0 Å². The van der Waals surface area contributed by atoms with Gasteiger partial charge in [0.05, 0.1) is 23.7 Å². The smallest absolute Gasteiger partial charge is 0.253 e. The van der Waals surface area contributed by atoms with Gasteiger partial charge in [-0.3, -0.25) is 4.79 Å². The minimum atomic E-state index is -3.64. The van der Waals surface area contributed by atoms with Crippen molar-refractivity contribution in [2.45, 2.75) is 30.7 Å². The molecule has 31 heavy (non-hydrogen) atoms. The molecular formula is C23H31N3O4S. The lowest BCUT2D eigenvalue weighted by atomic mass is 10.1. The molecule has 1 amide bonds. The van der Waals surface area contributed by atoms with E-state index in [0.29, 0.717) is 31.9 Å². The SMILES string of the molecule is CC(CCc1ccccc1)NC(=O)c1cc(S(=O)(=O)N(C)C)ccc1N1CCOCC1. The van der Waals surface area contributed by atoms with Crippen molar-refractivity contribution in [2.24, 2.45) is 0 Å². The van der Waals surface area contributed by atoms with Crippen LogP contribution in [-0.2, 0) is 21.2 Å². The highest BCUT2D eigenvalue weighted by Gasteiger charge is 2.24. The standard InChI is InChI=1S/C23H31N3O4S/c1-18(9-10-19-7-5-4-6-8-19)24-23(27)21-17-20(31(28,29)25(2)3)11-12-22(21)26-13-15-30-16-14-26/h4-8,11-12,17-18H,9-10,13-16H2,1-3H3,(H,24,27). The number of rotatable bonds is 8. The summed E-state index contributed by atoms with van der Waals surface area (Å²) in [7, 11) is -0.679. The van der Waals surface area contributed by atoms with Crippen LogP contribution in [0.4, 0.5) is 5.69 Å². The fourth-order valence-electron chi connectivity index (χ4n) is 3.55. The molecular weight excluding hydrogens is 414 g/mol. The van der Waals surface area contributed by atoms with Crippen molar-refractivity contribution in [1.82, 2.24) is 9.62 Å². The Morgan fingerprint density at radius 3 is 2.45 bits per heavy atom. The monoisotopic (exact) mass is 445 g/mol. The number of hydrogen-bond acceptors (Lipinski definition) is 5. The number of nitrogens with one attached hydrogen (secondary N) is 1. The number of carbonyl (C=O) groups excluding carboxylic acids is 1. The normalized spacial score (nSPS) is 15.7. The molecule has 1 aliphatic heterocycles. The molecule has 168 valence electrons. The first-order chi connectivity index (χ1) is 14.8. The summed E-state index contributed by atoms with van der Waals surface area (Å²) in [6, 6.07) is 14.9. The summed E-state index contributed by atoms with van der Waals surface area (Å²) in [6.45, 7) is 4.43. The van der Waals surface area contributed by atoms with Gasteiger partial charge in [-0.25, -0.2) is 12.7 Å². The van der Waals surface area contributed by atoms with Gasteiger partial charge in [0.1, 0.15) is 0 Å². The molecule has 2 aromatic carbocycles. The third-order valence-corrected chi connectivity index (χ3v) is 7.24. The van der Waals surface area contributed by atoms with Gasteiger partial charge in [0.15, 0.2) is 0 Å². The fourth-order valence-corrected chi connectivity index (χ4v) is 4.48. The van der Waals surface area contributed by atoms with Crippen LogP contribution in [0.3, 0.4) is 0 Å². The number of benzene rings is 2. The van der Waals surface area contributed by atoms with Crippen LogP contribution < -0.4 is 10.2 Å². The van der Waals surface area contributed by atoms with Crippen molar-refractivity contribution >= 4 is 21.6 Å². The zero-order chi connectivity index (χ0) is 22.4. The van der Waals surface area contributed by atoms with Crippen LogP contribution in [0.5, 0.6) is 0 Å². The molecule has 1 saturated heterocycles. The summed E-state index contributed by atoms with van der Waals surface area (Å²) >= 11 is 0. The molecule has 0 radical (unpaired) electrons. The predicted molar refractivity (Wildman–Crippen MR) is 122 cm³/mol. The maximum absolute atomic E-state index is 13.2. The first-order valence-electron chi connectivity index (χ1n) is 10.5. The van der Waals surface area contributed by atoms with Crippen molar-refractivity contribution in [3.05, 3.63) is 59.7 Å². The molecule has 0 aliphatic carbocycles. The Bertz CT molecular complexity index is 987. The summed E-state index contributed by atoms with van der Waals surface area (Å²) in [5.74, 6) is -0.266. The lowest BCUT2D eigenvalue weighted by Gasteiger charge is -2.31. The minimum absolute atomic E-state index is 0.0562. The average molecular weight is 446 g/mol. The van der Waals surface area contributed by atoms with E-state index in [4.69, 9.17) is 4.74 Å². The molecule has 1 aliphatic rings. The second-order valence-corrected chi connectivity index (χ2v) is 10.1. The summed E-state index contributed by atoms with van der Waals surface area (Å²) < 4.78 is 31.9. The van der Waals surface area contributed by atoms with Gasteiger partial charge >= 0.3 is 0 Å². The molecule has 1 fully saturated rings. The van der Waals surface area contributed by atoms with Gasteiger partial charge in [-0.2, -0.15) is 0 Å². The second kappa shape index (κ2) is 10.3. The number of anilines is 1. The first kappa shape index (κ1) is 23.2. The number of morpholine rings is 1. The molecule has 8 heteroatoms. The maximum Gasteiger partial charge on any atom is 0.253 e. The number of carbonyl (C=O) groups is 1. The highest BCUT2D eigenvalue weighted by Crippen LogP contribution is 2.26. The Morgan fingerprint density at radius 1 is 1.13 bits per heavy atom. The van der Waals surface area contributed by atoms with Crippen LogP contribution in [0.1, 0.15) is 29.3 Å². The van der Waals surface area contributed by atoms with Crippen molar-refractivity contribution in [3.63, 3.8) is 0 Å². The molecule has 1 heterocycles. The van der Waals surface area contributed by atoms with E-state index in [2.05, 4.69) is 22.3 Å². The molecule has 0 spiro atoms. The zero-order valence-electron chi connectivity index (χ0n) is 18.4. The van der Waals surface area contributed by atoms with E-state index < -0.39 is 10.0 Å².